The fourth-order valence-corrected chi connectivity index (χ4v) is 2.79. The molecule has 0 amide bonds. The minimum atomic E-state index is -0.348. The first-order valence-corrected chi connectivity index (χ1v) is 8.43. The molecule has 0 bridgehead atoms. The van der Waals surface area contributed by atoms with Crippen LogP contribution in [0.2, 0.25) is 0 Å². The van der Waals surface area contributed by atoms with E-state index in [0.717, 1.165) is 5.56 Å². The van der Waals surface area contributed by atoms with Crippen molar-refractivity contribution in [2.45, 2.75) is 33.3 Å². The second-order valence-corrected chi connectivity index (χ2v) is 6.06. The fourth-order valence-electron chi connectivity index (χ4n) is 2.79. The van der Waals surface area contributed by atoms with Crippen LogP contribution in [0.3, 0.4) is 0 Å². The van der Waals surface area contributed by atoms with Gasteiger partial charge in [-0.1, -0.05) is 13.0 Å². The normalized spacial score (nSPS) is 10.9. The fraction of sp³-hybridized carbons (Fsp3) is 0.250. The summed E-state index contributed by atoms with van der Waals surface area (Å²) in [6, 6.07) is 10.5. The van der Waals surface area contributed by atoms with Crippen molar-refractivity contribution >= 4 is 11.4 Å². The Morgan fingerprint density at radius 3 is 2.62 bits per heavy atom. The van der Waals surface area contributed by atoms with Crippen molar-refractivity contribution in [3.8, 4) is 5.75 Å². The van der Waals surface area contributed by atoms with Crippen LogP contribution < -0.4 is 10.3 Å². The van der Waals surface area contributed by atoms with Crippen molar-refractivity contribution in [3.05, 3.63) is 75.6 Å². The van der Waals surface area contributed by atoms with Crippen LogP contribution in [0.5, 0.6) is 5.75 Å². The first-order chi connectivity index (χ1) is 12.5. The van der Waals surface area contributed by atoms with E-state index in [9.17, 15) is 14.0 Å². The molecule has 0 aliphatic rings. The van der Waals surface area contributed by atoms with Gasteiger partial charge in [0, 0.05) is 12.5 Å². The number of pyridine rings is 1. The van der Waals surface area contributed by atoms with E-state index in [0.29, 0.717) is 35.6 Å². The maximum Gasteiger partial charge on any atom is 0.258 e. The molecule has 2 heterocycles. The molecule has 0 spiro atoms. The molecule has 0 unspecified atom stereocenters. The predicted molar refractivity (Wildman–Crippen MR) is 96.2 cm³/mol. The Kier molecular flexibility index (Phi) is 5.11. The summed E-state index contributed by atoms with van der Waals surface area (Å²) in [4.78, 5) is 29.4. The molecule has 3 aromatic rings. The van der Waals surface area contributed by atoms with Crippen LogP contribution >= 0.6 is 0 Å². The number of hydrogen-bond donors (Lipinski definition) is 0. The summed E-state index contributed by atoms with van der Waals surface area (Å²) in [5.41, 5.74) is 1.65. The van der Waals surface area contributed by atoms with Gasteiger partial charge in [0.15, 0.2) is 5.78 Å². The number of aromatic nitrogens is 2. The number of rotatable bonds is 6. The van der Waals surface area contributed by atoms with E-state index in [1.165, 1.54) is 34.7 Å². The number of halogens is 1. The number of aryl methyl sites for hydroxylation is 1. The quantitative estimate of drug-likeness (QED) is 0.633. The lowest BCUT2D eigenvalue weighted by Crippen LogP contribution is -2.23. The SMILES string of the molecule is CCCC(=O)c1c(C)ccc2nc(COc3ccc(F)cc3)cc(=O)n12. The third kappa shape index (κ3) is 3.64. The molecule has 0 aliphatic heterocycles. The molecule has 5 nitrogen and oxygen atoms in total. The van der Waals surface area contributed by atoms with Gasteiger partial charge in [-0.15, -0.1) is 0 Å². The van der Waals surface area contributed by atoms with Crippen LogP contribution in [0.15, 0.2) is 47.3 Å². The zero-order chi connectivity index (χ0) is 18.7. The van der Waals surface area contributed by atoms with Crippen molar-refractivity contribution in [1.29, 1.82) is 0 Å². The van der Waals surface area contributed by atoms with Gasteiger partial charge >= 0.3 is 0 Å². The molecule has 0 fully saturated rings. The number of Topliss-reactive ketones (excluding diaryl/α,β-unsaturated/α-hetero) is 1. The summed E-state index contributed by atoms with van der Waals surface area (Å²) in [5.74, 6) is 0.0602. The van der Waals surface area contributed by atoms with E-state index >= 15 is 0 Å². The summed E-state index contributed by atoms with van der Waals surface area (Å²) in [5, 5.41) is 0. The van der Waals surface area contributed by atoms with Gasteiger partial charge in [-0.05, 0) is 49.2 Å². The van der Waals surface area contributed by atoms with Gasteiger partial charge in [0.1, 0.15) is 23.8 Å². The van der Waals surface area contributed by atoms with Crippen LogP contribution in [0.25, 0.3) is 5.65 Å². The maximum atomic E-state index is 12.9. The summed E-state index contributed by atoms with van der Waals surface area (Å²) >= 11 is 0. The molecule has 3 rings (SSSR count). The van der Waals surface area contributed by atoms with Crippen molar-refractivity contribution in [1.82, 2.24) is 9.38 Å². The lowest BCUT2D eigenvalue weighted by molar-refractivity contribution is 0.0974. The summed E-state index contributed by atoms with van der Waals surface area (Å²) in [6.07, 6.45) is 1.09. The van der Waals surface area contributed by atoms with Gasteiger partial charge in [-0.3, -0.25) is 14.0 Å². The molecule has 6 heteroatoms. The van der Waals surface area contributed by atoms with Gasteiger partial charge in [0.2, 0.25) is 0 Å². The highest BCUT2D eigenvalue weighted by Crippen LogP contribution is 2.15. The van der Waals surface area contributed by atoms with Crippen molar-refractivity contribution in [2.75, 3.05) is 0 Å². The molecule has 0 saturated heterocycles. The number of carbonyl (C=O) groups excluding carboxylic acids is 1. The molecule has 1 aromatic carbocycles. The maximum absolute atomic E-state index is 12.9. The smallest absolute Gasteiger partial charge is 0.258 e. The third-order valence-corrected chi connectivity index (χ3v) is 4.02. The largest absolute Gasteiger partial charge is 0.487 e. The highest BCUT2D eigenvalue weighted by molar-refractivity contribution is 5.96. The molecular formula is C20H19FN2O3. The summed E-state index contributed by atoms with van der Waals surface area (Å²) < 4.78 is 19.8. The predicted octanol–water partition coefficient (Wildman–Crippen LogP) is 3.70. The van der Waals surface area contributed by atoms with E-state index in [-0.39, 0.29) is 23.8 Å². The van der Waals surface area contributed by atoms with E-state index in [2.05, 4.69) is 4.98 Å². The van der Waals surface area contributed by atoms with Crippen LogP contribution in [-0.4, -0.2) is 15.2 Å². The van der Waals surface area contributed by atoms with Gasteiger partial charge in [0.25, 0.3) is 5.56 Å². The lowest BCUT2D eigenvalue weighted by Gasteiger charge is -2.12. The van der Waals surface area contributed by atoms with Crippen molar-refractivity contribution in [3.63, 3.8) is 0 Å². The lowest BCUT2D eigenvalue weighted by atomic mass is 10.1. The Bertz CT molecular complexity index is 1010. The molecule has 0 atom stereocenters. The minimum Gasteiger partial charge on any atom is -0.487 e. The summed E-state index contributed by atoms with van der Waals surface area (Å²) in [6.45, 7) is 3.80. The minimum absolute atomic E-state index is 0.0729. The Hall–Kier alpha value is -3.02. The number of ketones is 1. The van der Waals surface area contributed by atoms with E-state index in [4.69, 9.17) is 4.74 Å². The number of hydrogen-bond acceptors (Lipinski definition) is 4. The monoisotopic (exact) mass is 354 g/mol. The third-order valence-electron chi connectivity index (χ3n) is 4.02. The molecular weight excluding hydrogens is 335 g/mol. The number of ether oxygens (including phenoxy) is 1. The van der Waals surface area contributed by atoms with Gasteiger partial charge in [0.05, 0.1) is 11.4 Å². The molecule has 26 heavy (non-hydrogen) atoms. The number of benzene rings is 1. The van der Waals surface area contributed by atoms with Gasteiger partial charge in [-0.2, -0.15) is 0 Å². The van der Waals surface area contributed by atoms with Crippen LogP contribution in [-0.2, 0) is 6.61 Å². The van der Waals surface area contributed by atoms with E-state index in [1.807, 2.05) is 6.92 Å². The standard InChI is InChI=1S/C20H19FN2O3/c1-3-4-17(24)20-13(2)5-10-18-22-15(11-19(25)23(18)20)12-26-16-8-6-14(21)7-9-16/h5-11H,3-4,12H2,1-2H3. The highest BCUT2D eigenvalue weighted by Gasteiger charge is 2.15. The number of carbonyl (C=O) groups is 1. The Morgan fingerprint density at radius 2 is 1.92 bits per heavy atom. The molecule has 0 aliphatic carbocycles. The summed E-state index contributed by atoms with van der Waals surface area (Å²) in [7, 11) is 0. The zero-order valence-electron chi connectivity index (χ0n) is 14.7. The average Bonchev–Trinajstić information content (AvgIpc) is 2.62. The second-order valence-electron chi connectivity index (χ2n) is 6.06. The first-order valence-electron chi connectivity index (χ1n) is 8.43. The zero-order valence-corrected chi connectivity index (χ0v) is 14.7. The van der Waals surface area contributed by atoms with E-state index in [1.54, 1.807) is 19.1 Å². The highest BCUT2D eigenvalue weighted by atomic mass is 19.1. The van der Waals surface area contributed by atoms with Gasteiger partial charge in [-0.25, -0.2) is 9.37 Å². The van der Waals surface area contributed by atoms with Crippen LogP contribution in [0, 0.1) is 12.7 Å². The topological polar surface area (TPSA) is 60.7 Å². The second kappa shape index (κ2) is 7.47. The molecule has 2 aromatic heterocycles. The van der Waals surface area contributed by atoms with Crippen molar-refractivity contribution in [2.24, 2.45) is 0 Å². The number of fused-ring (bicyclic) bond motifs is 1. The Balaban J connectivity index is 1.95. The average molecular weight is 354 g/mol. The molecule has 0 saturated carbocycles. The van der Waals surface area contributed by atoms with Crippen LogP contribution in [0.1, 0.15) is 41.5 Å². The van der Waals surface area contributed by atoms with Gasteiger partial charge < -0.3 is 4.74 Å². The van der Waals surface area contributed by atoms with Crippen LogP contribution in [0.4, 0.5) is 4.39 Å². The first kappa shape index (κ1) is 17.8. The van der Waals surface area contributed by atoms with Crippen molar-refractivity contribution < 1.29 is 13.9 Å². The molecule has 0 radical (unpaired) electrons. The molecule has 0 N–H and O–H groups in total. The molecule has 134 valence electrons. The Labute approximate surface area is 150 Å². The Morgan fingerprint density at radius 1 is 1.19 bits per heavy atom. The van der Waals surface area contributed by atoms with E-state index < -0.39 is 0 Å². The number of nitrogens with zero attached hydrogens (tertiary/aromatic N) is 2.